The molecule has 3 heterocycles. The summed E-state index contributed by atoms with van der Waals surface area (Å²) in [4.78, 5) is 13.7. The first-order valence-corrected chi connectivity index (χ1v) is 8.10. The third-order valence-electron chi connectivity index (χ3n) is 4.36. The Labute approximate surface area is 124 Å². The quantitative estimate of drug-likeness (QED) is 0.943. The van der Waals surface area contributed by atoms with Crippen molar-refractivity contribution in [2.75, 3.05) is 32.0 Å². The van der Waals surface area contributed by atoms with Gasteiger partial charge in [0.2, 0.25) is 0 Å². The first-order valence-electron chi connectivity index (χ1n) is 7.28. The average Bonchev–Trinajstić information content (AvgIpc) is 2.74. The topological polar surface area (TPSA) is 41.1 Å². The third kappa shape index (κ3) is 2.65. The van der Waals surface area contributed by atoms with Crippen molar-refractivity contribution < 1.29 is 0 Å². The molecule has 20 heavy (non-hydrogen) atoms. The minimum atomic E-state index is 0.760. The largest absolute Gasteiger partial charge is 0.369 e. The van der Waals surface area contributed by atoms with Gasteiger partial charge in [0, 0.05) is 11.4 Å². The molecular formula is C15H22N4S. The van der Waals surface area contributed by atoms with Gasteiger partial charge in [-0.15, -0.1) is 11.3 Å². The molecule has 5 heteroatoms. The Morgan fingerprint density at radius 1 is 1.30 bits per heavy atom. The number of hydrogen-bond donors (Lipinski definition) is 1. The van der Waals surface area contributed by atoms with Crippen LogP contribution in [0, 0.1) is 19.8 Å². The van der Waals surface area contributed by atoms with E-state index in [0.29, 0.717) is 0 Å². The molecule has 1 fully saturated rings. The number of anilines is 1. The van der Waals surface area contributed by atoms with E-state index in [1.807, 2.05) is 0 Å². The molecule has 0 amide bonds. The van der Waals surface area contributed by atoms with Crippen molar-refractivity contribution in [3.05, 3.63) is 16.8 Å². The second-order valence-corrected chi connectivity index (χ2v) is 7.02. The molecule has 2 aromatic rings. The Kier molecular flexibility index (Phi) is 3.89. The predicted molar refractivity (Wildman–Crippen MR) is 85.6 cm³/mol. The zero-order chi connectivity index (χ0) is 14.1. The maximum absolute atomic E-state index is 4.45. The van der Waals surface area contributed by atoms with E-state index in [2.05, 4.69) is 41.1 Å². The zero-order valence-electron chi connectivity index (χ0n) is 12.4. The predicted octanol–water partition coefficient (Wildman–Crippen LogP) is 3.06. The minimum absolute atomic E-state index is 0.760. The monoisotopic (exact) mass is 290 g/mol. The first-order chi connectivity index (χ1) is 9.65. The molecule has 1 aliphatic rings. The molecule has 0 bridgehead atoms. The van der Waals surface area contributed by atoms with Crippen molar-refractivity contribution in [3.8, 4) is 0 Å². The molecule has 2 aromatic heterocycles. The lowest BCUT2D eigenvalue weighted by atomic mass is 9.97. The van der Waals surface area contributed by atoms with Crippen LogP contribution in [0.3, 0.4) is 0 Å². The Morgan fingerprint density at radius 2 is 2.05 bits per heavy atom. The second kappa shape index (κ2) is 5.66. The van der Waals surface area contributed by atoms with Crippen molar-refractivity contribution in [3.63, 3.8) is 0 Å². The number of hydrogen-bond acceptors (Lipinski definition) is 5. The molecule has 1 saturated heterocycles. The van der Waals surface area contributed by atoms with E-state index in [9.17, 15) is 0 Å². The molecule has 0 aromatic carbocycles. The lowest BCUT2D eigenvalue weighted by Gasteiger charge is -2.29. The molecule has 1 aliphatic heterocycles. The first kappa shape index (κ1) is 13.8. The number of rotatable bonds is 3. The molecule has 4 nitrogen and oxygen atoms in total. The lowest BCUT2D eigenvalue weighted by Crippen LogP contribution is -2.33. The van der Waals surface area contributed by atoms with Crippen molar-refractivity contribution in [1.82, 2.24) is 14.9 Å². The number of aryl methyl sites for hydroxylation is 2. The molecule has 0 aliphatic carbocycles. The van der Waals surface area contributed by atoms with Gasteiger partial charge < -0.3 is 10.2 Å². The Bertz CT molecular complexity index is 599. The molecule has 0 spiro atoms. The van der Waals surface area contributed by atoms with E-state index in [0.717, 1.165) is 23.1 Å². The van der Waals surface area contributed by atoms with Gasteiger partial charge in [-0.25, -0.2) is 9.97 Å². The van der Waals surface area contributed by atoms with E-state index in [1.165, 1.54) is 41.8 Å². The van der Waals surface area contributed by atoms with Crippen LogP contribution < -0.4 is 5.32 Å². The van der Waals surface area contributed by atoms with Gasteiger partial charge in [-0.05, 0) is 58.3 Å². The fraction of sp³-hybridized carbons (Fsp3) is 0.600. The SMILES string of the molecule is Cc1sc2ncnc(NCC3CCN(C)CC3)c2c1C. The smallest absolute Gasteiger partial charge is 0.138 e. The van der Waals surface area contributed by atoms with Gasteiger partial charge in [0.25, 0.3) is 0 Å². The van der Waals surface area contributed by atoms with Crippen LogP contribution in [0.15, 0.2) is 6.33 Å². The molecule has 0 radical (unpaired) electrons. The van der Waals surface area contributed by atoms with Crippen molar-refractivity contribution in [2.24, 2.45) is 5.92 Å². The van der Waals surface area contributed by atoms with Gasteiger partial charge >= 0.3 is 0 Å². The molecule has 3 rings (SSSR count). The summed E-state index contributed by atoms with van der Waals surface area (Å²) in [7, 11) is 2.20. The van der Waals surface area contributed by atoms with Crippen LogP contribution in [0.25, 0.3) is 10.2 Å². The van der Waals surface area contributed by atoms with Crippen molar-refractivity contribution >= 4 is 27.4 Å². The number of thiophene rings is 1. The van der Waals surface area contributed by atoms with Crippen LogP contribution in [0.4, 0.5) is 5.82 Å². The van der Waals surface area contributed by atoms with Gasteiger partial charge in [-0.2, -0.15) is 0 Å². The van der Waals surface area contributed by atoms with Gasteiger partial charge in [0.1, 0.15) is 17.0 Å². The third-order valence-corrected chi connectivity index (χ3v) is 5.48. The highest BCUT2D eigenvalue weighted by Gasteiger charge is 2.17. The van der Waals surface area contributed by atoms with Crippen LogP contribution in [0.2, 0.25) is 0 Å². The van der Waals surface area contributed by atoms with E-state index < -0.39 is 0 Å². The second-order valence-electron chi connectivity index (χ2n) is 5.81. The Hall–Kier alpha value is -1.20. The Morgan fingerprint density at radius 3 is 2.80 bits per heavy atom. The lowest BCUT2D eigenvalue weighted by molar-refractivity contribution is 0.226. The minimum Gasteiger partial charge on any atom is -0.369 e. The standard InChI is InChI=1S/C15H22N4S/c1-10-11(2)20-15-13(10)14(17-9-18-15)16-8-12-4-6-19(3)7-5-12/h9,12H,4-8H2,1-3H3,(H,16,17,18). The van der Waals surface area contributed by atoms with E-state index >= 15 is 0 Å². The van der Waals surface area contributed by atoms with E-state index in [4.69, 9.17) is 0 Å². The summed E-state index contributed by atoms with van der Waals surface area (Å²) in [6.07, 6.45) is 4.23. The summed E-state index contributed by atoms with van der Waals surface area (Å²) in [5, 5.41) is 4.77. The van der Waals surface area contributed by atoms with Crippen LogP contribution in [0.5, 0.6) is 0 Å². The molecule has 108 valence electrons. The van der Waals surface area contributed by atoms with Gasteiger partial charge in [0.15, 0.2) is 0 Å². The highest BCUT2D eigenvalue weighted by atomic mass is 32.1. The highest BCUT2D eigenvalue weighted by molar-refractivity contribution is 7.18. The fourth-order valence-electron chi connectivity index (χ4n) is 2.82. The van der Waals surface area contributed by atoms with Gasteiger partial charge in [-0.1, -0.05) is 0 Å². The van der Waals surface area contributed by atoms with Crippen LogP contribution in [-0.2, 0) is 0 Å². The summed E-state index contributed by atoms with van der Waals surface area (Å²) < 4.78 is 0. The van der Waals surface area contributed by atoms with Crippen LogP contribution >= 0.6 is 11.3 Å². The van der Waals surface area contributed by atoms with Gasteiger partial charge in [-0.3, -0.25) is 0 Å². The molecule has 0 saturated carbocycles. The highest BCUT2D eigenvalue weighted by Crippen LogP contribution is 2.32. The number of fused-ring (bicyclic) bond motifs is 1. The molecule has 0 atom stereocenters. The molecule has 1 N–H and O–H groups in total. The summed E-state index contributed by atoms with van der Waals surface area (Å²) in [5.74, 6) is 1.77. The summed E-state index contributed by atoms with van der Waals surface area (Å²) in [5.41, 5.74) is 1.32. The van der Waals surface area contributed by atoms with Crippen molar-refractivity contribution in [2.45, 2.75) is 26.7 Å². The van der Waals surface area contributed by atoms with Crippen LogP contribution in [-0.4, -0.2) is 41.5 Å². The number of nitrogens with one attached hydrogen (secondary N) is 1. The normalized spacial score (nSPS) is 17.8. The summed E-state index contributed by atoms with van der Waals surface area (Å²) in [6.45, 7) is 7.76. The van der Waals surface area contributed by atoms with E-state index in [1.54, 1.807) is 17.7 Å². The maximum Gasteiger partial charge on any atom is 0.138 e. The number of nitrogens with zero attached hydrogens (tertiary/aromatic N) is 3. The number of likely N-dealkylation sites (tertiary alicyclic amines) is 1. The van der Waals surface area contributed by atoms with Crippen LogP contribution in [0.1, 0.15) is 23.3 Å². The summed E-state index contributed by atoms with van der Waals surface area (Å²) in [6, 6.07) is 0. The maximum atomic E-state index is 4.45. The van der Waals surface area contributed by atoms with Crippen molar-refractivity contribution in [1.29, 1.82) is 0 Å². The molecular weight excluding hydrogens is 268 g/mol. The van der Waals surface area contributed by atoms with Gasteiger partial charge in [0.05, 0.1) is 5.39 Å². The number of piperidine rings is 1. The van der Waals surface area contributed by atoms with E-state index in [-0.39, 0.29) is 0 Å². The fourth-order valence-corrected chi connectivity index (χ4v) is 3.82. The average molecular weight is 290 g/mol. The molecule has 0 unspecified atom stereocenters. The Balaban J connectivity index is 1.74. The zero-order valence-corrected chi connectivity index (χ0v) is 13.3. The summed E-state index contributed by atoms with van der Waals surface area (Å²) >= 11 is 1.76. The number of aromatic nitrogens is 2.